The molecule has 0 bridgehead atoms. The van der Waals surface area contributed by atoms with Crippen molar-refractivity contribution in [1.29, 1.82) is 0 Å². The molecule has 2 unspecified atom stereocenters. The third-order valence-corrected chi connectivity index (χ3v) is 4.85. The van der Waals surface area contributed by atoms with Crippen molar-refractivity contribution < 1.29 is 0 Å². The van der Waals surface area contributed by atoms with Crippen LogP contribution in [0.1, 0.15) is 66.7 Å². The summed E-state index contributed by atoms with van der Waals surface area (Å²) in [6.07, 6.45) is 6.89. The summed E-state index contributed by atoms with van der Waals surface area (Å²) in [4.78, 5) is 2.43. The maximum Gasteiger partial charge on any atom is 0.0100 e. The van der Waals surface area contributed by atoms with Gasteiger partial charge in [0.15, 0.2) is 0 Å². The predicted molar refractivity (Wildman–Crippen MR) is 85.6 cm³/mol. The molecule has 0 aromatic carbocycles. The van der Waals surface area contributed by atoms with Crippen molar-refractivity contribution >= 4 is 0 Å². The fourth-order valence-corrected chi connectivity index (χ4v) is 3.29. The van der Waals surface area contributed by atoms with Gasteiger partial charge in [-0.3, -0.25) is 0 Å². The van der Waals surface area contributed by atoms with Crippen molar-refractivity contribution in [2.24, 2.45) is 11.3 Å². The van der Waals surface area contributed by atoms with Crippen molar-refractivity contribution in [3.63, 3.8) is 0 Å². The third kappa shape index (κ3) is 5.83. The van der Waals surface area contributed by atoms with E-state index in [9.17, 15) is 0 Å². The molecule has 19 heavy (non-hydrogen) atoms. The van der Waals surface area contributed by atoms with Gasteiger partial charge >= 0.3 is 0 Å². The van der Waals surface area contributed by atoms with Gasteiger partial charge in [0.05, 0.1) is 0 Å². The number of hydrogen-bond donors (Lipinski definition) is 1. The molecule has 0 amide bonds. The summed E-state index contributed by atoms with van der Waals surface area (Å²) in [5.41, 5.74) is 0.451. The highest BCUT2D eigenvalue weighted by molar-refractivity contribution is 4.88. The summed E-state index contributed by atoms with van der Waals surface area (Å²) in [6, 6.07) is 1.41. The normalized spacial score (nSPS) is 25.3. The fraction of sp³-hybridized carbons (Fsp3) is 1.00. The molecule has 114 valence electrons. The second kappa shape index (κ2) is 7.64. The van der Waals surface area contributed by atoms with Gasteiger partial charge in [0.1, 0.15) is 0 Å². The highest BCUT2D eigenvalue weighted by Gasteiger charge is 2.33. The van der Waals surface area contributed by atoms with Crippen LogP contribution in [-0.4, -0.2) is 37.1 Å². The maximum absolute atomic E-state index is 3.85. The molecule has 0 heterocycles. The molecule has 1 saturated carbocycles. The van der Waals surface area contributed by atoms with Gasteiger partial charge in [0.25, 0.3) is 0 Å². The molecule has 0 aliphatic heterocycles. The Morgan fingerprint density at radius 3 is 2.37 bits per heavy atom. The van der Waals surface area contributed by atoms with Gasteiger partial charge in [-0.1, -0.05) is 33.6 Å². The Morgan fingerprint density at radius 2 is 1.79 bits per heavy atom. The molecule has 1 fully saturated rings. The van der Waals surface area contributed by atoms with Crippen LogP contribution in [0.25, 0.3) is 0 Å². The van der Waals surface area contributed by atoms with Crippen LogP contribution >= 0.6 is 0 Å². The van der Waals surface area contributed by atoms with Crippen molar-refractivity contribution in [3.8, 4) is 0 Å². The van der Waals surface area contributed by atoms with Crippen LogP contribution in [0.4, 0.5) is 0 Å². The van der Waals surface area contributed by atoms with Gasteiger partial charge in [-0.25, -0.2) is 0 Å². The molecule has 1 rings (SSSR count). The first-order valence-corrected chi connectivity index (χ1v) is 8.26. The van der Waals surface area contributed by atoms with Gasteiger partial charge in [-0.05, 0) is 64.6 Å². The van der Waals surface area contributed by atoms with E-state index in [-0.39, 0.29) is 0 Å². The Hall–Kier alpha value is -0.0800. The van der Waals surface area contributed by atoms with E-state index >= 15 is 0 Å². The minimum absolute atomic E-state index is 0.451. The van der Waals surface area contributed by atoms with E-state index in [1.54, 1.807) is 0 Å². The summed E-state index contributed by atoms with van der Waals surface area (Å²) in [5.74, 6) is 0.851. The molecular weight excluding hydrogens is 232 g/mol. The van der Waals surface area contributed by atoms with E-state index in [4.69, 9.17) is 0 Å². The van der Waals surface area contributed by atoms with Crippen LogP contribution in [-0.2, 0) is 0 Å². The first kappa shape index (κ1) is 17.0. The molecule has 2 heteroatoms. The van der Waals surface area contributed by atoms with Crippen molar-refractivity contribution in [2.75, 3.05) is 20.1 Å². The zero-order valence-electron chi connectivity index (χ0n) is 14.1. The molecule has 0 aromatic rings. The topological polar surface area (TPSA) is 15.3 Å². The summed E-state index contributed by atoms with van der Waals surface area (Å²) >= 11 is 0. The number of nitrogens with zero attached hydrogens (tertiary/aromatic N) is 1. The average Bonchev–Trinajstić information content (AvgIpc) is 2.33. The number of hydrogen-bond acceptors (Lipinski definition) is 2. The Bertz CT molecular complexity index is 242. The second-order valence-electron chi connectivity index (χ2n) is 7.75. The highest BCUT2D eigenvalue weighted by atomic mass is 15.1. The van der Waals surface area contributed by atoms with Gasteiger partial charge in [0, 0.05) is 12.1 Å². The van der Waals surface area contributed by atoms with Crippen LogP contribution in [0.15, 0.2) is 0 Å². The van der Waals surface area contributed by atoms with E-state index in [1.165, 1.54) is 45.2 Å². The Morgan fingerprint density at radius 1 is 1.16 bits per heavy atom. The Balaban J connectivity index is 2.30. The van der Waals surface area contributed by atoms with Gasteiger partial charge in [0.2, 0.25) is 0 Å². The van der Waals surface area contributed by atoms with Crippen molar-refractivity contribution in [1.82, 2.24) is 10.2 Å². The van der Waals surface area contributed by atoms with Crippen LogP contribution < -0.4 is 5.32 Å². The standard InChI is InChI=1S/C17H36N2/c1-14(2)19(6)13-9-12-18-16-11-8-7-10-15(16)17(3,4)5/h14-16,18H,7-13H2,1-6H3. The summed E-state index contributed by atoms with van der Waals surface area (Å²) in [6.45, 7) is 14.1. The molecule has 1 aliphatic rings. The fourth-order valence-electron chi connectivity index (χ4n) is 3.29. The molecule has 0 radical (unpaired) electrons. The van der Waals surface area contributed by atoms with Crippen LogP contribution in [0.5, 0.6) is 0 Å². The zero-order valence-corrected chi connectivity index (χ0v) is 14.1. The second-order valence-corrected chi connectivity index (χ2v) is 7.75. The largest absolute Gasteiger partial charge is 0.314 e. The third-order valence-electron chi connectivity index (χ3n) is 4.85. The summed E-state index contributed by atoms with van der Waals surface area (Å²) in [5, 5.41) is 3.85. The first-order chi connectivity index (χ1) is 8.82. The molecule has 1 N–H and O–H groups in total. The van der Waals surface area contributed by atoms with Gasteiger partial charge in [-0.2, -0.15) is 0 Å². The Kier molecular flexibility index (Phi) is 6.82. The van der Waals surface area contributed by atoms with E-state index in [0.29, 0.717) is 11.5 Å². The molecule has 2 nitrogen and oxygen atoms in total. The van der Waals surface area contributed by atoms with E-state index in [1.807, 2.05) is 0 Å². The lowest BCUT2D eigenvalue weighted by Crippen LogP contribution is -2.45. The van der Waals surface area contributed by atoms with Crippen LogP contribution in [0.2, 0.25) is 0 Å². The maximum atomic E-state index is 3.85. The molecule has 1 aliphatic carbocycles. The monoisotopic (exact) mass is 268 g/mol. The van der Waals surface area contributed by atoms with Crippen molar-refractivity contribution in [3.05, 3.63) is 0 Å². The van der Waals surface area contributed by atoms with Crippen molar-refractivity contribution in [2.45, 2.75) is 78.8 Å². The smallest absolute Gasteiger partial charge is 0.0100 e. The molecule has 0 saturated heterocycles. The summed E-state index contributed by atoms with van der Waals surface area (Å²) < 4.78 is 0. The number of nitrogens with one attached hydrogen (secondary N) is 1. The van der Waals surface area contributed by atoms with Gasteiger partial charge in [-0.15, -0.1) is 0 Å². The van der Waals surface area contributed by atoms with Gasteiger partial charge < -0.3 is 10.2 Å². The van der Waals surface area contributed by atoms with Crippen LogP contribution in [0.3, 0.4) is 0 Å². The lowest BCUT2D eigenvalue weighted by atomic mass is 9.69. The van der Waals surface area contributed by atoms with E-state index < -0.39 is 0 Å². The zero-order chi connectivity index (χ0) is 14.5. The molecular formula is C17H36N2. The van der Waals surface area contributed by atoms with E-state index in [2.05, 4.69) is 51.9 Å². The highest BCUT2D eigenvalue weighted by Crippen LogP contribution is 2.37. The minimum Gasteiger partial charge on any atom is -0.314 e. The lowest BCUT2D eigenvalue weighted by Gasteiger charge is -2.41. The Labute approximate surface area is 121 Å². The first-order valence-electron chi connectivity index (χ1n) is 8.26. The summed E-state index contributed by atoms with van der Waals surface area (Å²) in [7, 11) is 2.23. The minimum atomic E-state index is 0.451. The molecule has 2 atom stereocenters. The molecule has 0 aromatic heterocycles. The van der Waals surface area contributed by atoms with Crippen LogP contribution in [0, 0.1) is 11.3 Å². The lowest BCUT2D eigenvalue weighted by molar-refractivity contribution is 0.130. The molecule has 0 spiro atoms. The van der Waals surface area contributed by atoms with E-state index in [0.717, 1.165) is 12.0 Å². The quantitative estimate of drug-likeness (QED) is 0.735. The average molecular weight is 268 g/mol. The predicted octanol–water partition coefficient (Wildman–Crippen LogP) is 3.91. The SMILES string of the molecule is CC(C)N(C)CCCNC1CCCCC1C(C)(C)C. The number of rotatable bonds is 6.